The molecule has 6 nitrogen and oxygen atoms in total. The summed E-state index contributed by atoms with van der Waals surface area (Å²) in [5.74, 6) is -1.36. The van der Waals surface area contributed by atoms with E-state index < -0.39 is 22.3 Å². The maximum Gasteiger partial charge on any atom is 0.292 e. The van der Waals surface area contributed by atoms with E-state index in [9.17, 15) is 19.3 Å². The Bertz CT molecular complexity index is 737. The average Bonchev–Trinajstić information content (AvgIpc) is 2.41. The lowest BCUT2D eigenvalue weighted by Gasteiger charge is -2.07. The van der Waals surface area contributed by atoms with Crippen molar-refractivity contribution in [2.75, 3.05) is 11.1 Å². The number of nitrogens with zero attached hydrogens (tertiary/aromatic N) is 1. The normalized spacial score (nSPS) is 10.2. The Hall–Kier alpha value is -2.67. The van der Waals surface area contributed by atoms with Crippen molar-refractivity contribution in [1.82, 2.24) is 0 Å². The van der Waals surface area contributed by atoms with Crippen molar-refractivity contribution in [3.63, 3.8) is 0 Å². The van der Waals surface area contributed by atoms with Gasteiger partial charge < -0.3 is 11.1 Å². The minimum Gasteiger partial charge on any atom is -0.398 e. The van der Waals surface area contributed by atoms with Crippen LogP contribution in [0.2, 0.25) is 5.02 Å². The maximum atomic E-state index is 13.2. The van der Waals surface area contributed by atoms with Crippen LogP contribution in [0.3, 0.4) is 0 Å². The lowest BCUT2D eigenvalue weighted by Crippen LogP contribution is -2.13. The van der Waals surface area contributed by atoms with Crippen LogP contribution in [0.4, 0.5) is 21.5 Å². The zero-order valence-electron chi connectivity index (χ0n) is 10.5. The smallest absolute Gasteiger partial charge is 0.292 e. The van der Waals surface area contributed by atoms with Crippen molar-refractivity contribution in [2.24, 2.45) is 0 Å². The van der Waals surface area contributed by atoms with E-state index in [1.54, 1.807) is 0 Å². The summed E-state index contributed by atoms with van der Waals surface area (Å²) in [6.45, 7) is 0. The van der Waals surface area contributed by atoms with Crippen molar-refractivity contribution in [3.8, 4) is 0 Å². The predicted octanol–water partition coefficient (Wildman–Crippen LogP) is 3.22. The fraction of sp³-hybridized carbons (Fsp3) is 0. The van der Waals surface area contributed by atoms with E-state index in [-0.39, 0.29) is 22.0 Å². The summed E-state index contributed by atoms with van der Waals surface area (Å²) < 4.78 is 13.2. The van der Waals surface area contributed by atoms with Crippen LogP contribution in [0.25, 0.3) is 0 Å². The second-order valence-electron chi connectivity index (χ2n) is 4.11. The predicted molar refractivity (Wildman–Crippen MR) is 76.9 cm³/mol. The highest BCUT2D eigenvalue weighted by molar-refractivity contribution is 6.33. The molecular formula is C13H9ClFN3O3. The highest BCUT2D eigenvalue weighted by atomic mass is 35.5. The van der Waals surface area contributed by atoms with Crippen molar-refractivity contribution in [2.45, 2.75) is 0 Å². The van der Waals surface area contributed by atoms with Crippen LogP contribution >= 0.6 is 11.6 Å². The van der Waals surface area contributed by atoms with Gasteiger partial charge in [0.2, 0.25) is 0 Å². The number of benzene rings is 2. The number of hydrogen-bond donors (Lipinski definition) is 2. The zero-order valence-corrected chi connectivity index (χ0v) is 11.2. The van der Waals surface area contributed by atoms with E-state index in [1.807, 2.05) is 0 Å². The summed E-state index contributed by atoms with van der Waals surface area (Å²) in [5, 5.41) is 13.4. The highest BCUT2D eigenvalue weighted by Gasteiger charge is 2.17. The Morgan fingerprint density at radius 1 is 1.29 bits per heavy atom. The Morgan fingerprint density at radius 3 is 2.62 bits per heavy atom. The molecule has 0 aromatic heterocycles. The van der Waals surface area contributed by atoms with Gasteiger partial charge in [0.05, 0.1) is 15.6 Å². The van der Waals surface area contributed by atoms with Crippen LogP contribution in [-0.4, -0.2) is 10.8 Å². The molecule has 1 amide bonds. The van der Waals surface area contributed by atoms with Gasteiger partial charge in [-0.2, -0.15) is 0 Å². The van der Waals surface area contributed by atoms with Crippen LogP contribution < -0.4 is 11.1 Å². The third-order valence-electron chi connectivity index (χ3n) is 2.66. The van der Waals surface area contributed by atoms with E-state index in [0.29, 0.717) is 0 Å². The Morgan fingerprint density at radius 2 is 2.00 bits per heavy atom. The molecule has 0 fully saturated rings. The number of hydrogen-bond acceptors (Lipinski definition) is 4. The third kappa shape index (κ3) is 3.26. The maximum absolute atomic E-state index is 13.2. The molecule has 0 bridgehead atoms. The Labute approximate surface area is 123 Å². The number of anilines is 2. The molecule has 108 valence electrons. The number of nitro groups is 1. The first kappa shape index (κ1) is 14.7. The van der Waals surface area contributed by atoms with Crippen molar-refractivity contribution >= 4 is 34.6 Å². The van der Waals surface area contributed by atoms with Crippen LogP contribution in [0, 0.1) is 15.9 Å². The minimum atomic E-state index is -0.717. The minimum absolute atomic E-state index is 0.149. The molecule has 0 saturated carbocycles. The van der Waals surface area contributed by atoms with Gasteiger partial charge >= 0.3 is 0 Å². The van der Waals surface area contributed by atoms with E-state index >= 15 is 0 Å². The molecular weight excluding hydrogens is 301 g/mol. The first-order valence-corrected chi connectivity index (χ1v) is 6.06. The van der Waals surface area contributed by atoms with Gasteiger partial charge in [0.1, 0.15) is 11.5 Å². The number of halogens is 2. The topological polar surface area (TPSA) is 98.3 Å². The molecule has 0 radical (unpaired) electrons. The van der Waals surface area contributed by atoms with Gasteiger partial charge in [0.15, 0.2) is 0 Å². The van der Waals surface area contributed by atoms with Crippen LogP contribution in [0.5, 0.6) is 0 Å². The molecule has 8 heteroatoms. The van der Waals surface area contributed by atoms with Crippen LogP contribution in [0.15, 0.2) is 36.4 Å². The summed E-state index contributed by atoms with van der Waals surface area (Å²) in [6, 6.07) is 6.93. The number of nitrogen functional groups attached to an aromatic ring is 1. The summed E-state index contributed by atoms with van der Waals surface area (Å²) in [6.07, 6.45) is 0. The molecule has 0 heterocycles. The van der Waals surface area contributed by atoms with Crippen molar-refractivity contribution < 1.29 is 14.1 Å². The molecule has 0 aliphatic rings. The number of nitrogens with one attached hydrogen (secondary N) is 1. The fourth-order valence-electron chi connectivity index (χ4n) is 1.65. The number of amides is 1. The molecule has 21 heavy (non-hydrogen) atoms. The van der Waals surface area contributed by atoms with E-state index in [2.05, 4.69) is 5.32 Å². The summed E-state index contributed by atoms with van der Waals surface area (Å²) in [4.78, 5) is 22.1. The number of carbonyl (C=O) groups excluding carboxylic acids is 1. The molecule has 0 atom stereocenters. The van der Waals surface area contributed by atoms with Gasteiger partial charge in [-0.15, -0.1) is 0 Å². The van der Waals surface area contributed by atoms with Gasteiger partial charge in [-0.25, -0.2) is 4.39 Å². The van der Waals surface area contributed by atoms with Gasteiger partial charge in [0, 0.05) is 17.7 Å². The molecule has 2 aromatic carbocycles. The quantitative estimate of drug-likeness (QED) is 0.516. The Kier molecular flexibility index (Phi) is 4.04. The molecule has 2 rings (SSSR count). The molecule has 0 aliphatic carbocycles. The van der Waals surface area contributed by atoms with E-state index in [0.717, 1.165) is 18.2 Å². The molecule has 0 spiro atoms. The lowest BCUT2D eigenvalue weighted by atomic mass is 10.1. The highest BCUT2D eigenvalue weighted by Crippen LogP contribution is 2.26. The molecule has 3 N–H and O–H groups in total. The van der Waals surface area contributed by atoms with E-state index in [1.165, 1.54) is 18.2 Å². The second kappa shape index (κ2) is 5.76. The van der Waals surface area contributed by atoms with Gasteiger partial charge in [-0.3, -0.25) is 14.9 Å². The Balaban J connectivity index is 2.33. The summed E-state index contributed by atoms with van der Waals surface area (Å²) in [5.41, 5.74) is 5.27. The zero-order chi connectivity index (χ0) is 15.6. The van der Waals surface area contributed by atoms with Crippen LogP contribution in [-0.2, 0) is 0 Å². The van der Waals surface area contributed by atoms with Gasteiger partial charge in [-0.1, -0.05) is 11.6 Å². The van der Waals surface area contributed by atoms with Gasteiger partial charge in [-0.05, 0) is 24.3 Å². The first-order valence-electron chi connectivity index (χ1n) is 5.69. The number of nitro benzene ring substituents is 1. The SMILES string of the molecule is Nc1cc(C(=O)Nc2cc(F)ccc2[N+](=O)[O-])ccc1Cl. The molecule has 0 unspecified atom stereocenters. The number of nitrogens with two attached hydrogens (primary N) is 1. The number of rotatable bonds is 3. The second-order valence-corrected chi connectivity index (χ2v) is 4.52. The van der Waals surface area contributed by atoms with Crippen LogP contribution in [0.1, 0.15) is 10.4 Å². The molecule has 0 saturated heterocycles. The third-order valence-corrected chi connectivity index (χ3v) is 3.01. The lowest BCUT2D eigenvalue weighted by molar-refractivity contribution is -0.384. The van der Waals surface area contributed by atoms with E-state index in [4.69, 9.17) is 17.3 Å². The first-order chi connectivity index (χ1) is 9.88. The fourth-order valence-corrected chi connectivity index (χ4v) is 1.76. The largest absolute Gasteiger partial charge is 0.398 e. The molecule has 2 aromatic rings. The van der Waals surface area contributed by atoms with Crippen molar-refractivity contribution in [1.29, 1.82) is 0 Å². The monoisotopic (exact) mass is 309 g/mol. The standard InChI is InChI=1S/C13H9ClFN3O3/c14-9-3-1-7(5-10(9)16)13(19)17-11-6-8(15)2-4-12(11)18(20)21/h1-6H,16H2,(H,17,19). The van der Waals surface area contributed by atoms with Crippen molar-refractivity contribution in [3.05, 3.63) is 62.9 Å². The summed E-state index contributed by atoms with van der Waals surface area (Å²) >= 11 is 5.74. The average molecular weight is 310 g/mol. The summed E-state index contributed by atoms with van der Waals surface area (Å²) in [7, 11) is 0. The van der Waals surface area contributed by atoms with Gasteiger partial charge in [0.25, 0.3) is 11.6 Å². The molecule has 0 aliphatic heterocycles. The number of carbonyl (C=O) groups is 1.